The lowest BCUT2D eigenvalue weighted by atomic mass is 10.0. The summed E-state index contributed by atoms with van der Waals surface area (Å²) in [4.78, 5) is 156. The van der Waals surface area contributed by atoms with Gasteiger partial charge in [-0.3, -0.25) is 47.9 Å². The molecule has 3 aromatic heterocycles. The number of aliphatic carboxylic acids is 1. The van der Waals surface area contributed by atoms with Crippen molar-refractivity contribution in [3.63, 3.8) is 0 Å². The average molecular weight is 1350 g/mol. The molecule has 10 rings (SSSR count). The van der Waals surface area contributed by atoms with Gasteiger partial charge >= 0.3 is 5.97 Å². The number of imidazole rings is 1. The third-order valence-corrected chi connectivity index (χ3v) is 18.7. The predicted molar refractivity (Wildman–Crippen MR) is 349 cm³/mol. The van der Waals surface area contributed by atoms with Gasteiger partial charge in [-0.05, 0) is 109 Å². The smallest absolute Gasteiger partial charge is 0.305 e. The lowest BCUT2D eigenvalue weighted by Crippen LogP contribution is -2.61. The minimum atomic E-state index is -2.02. The monoisotopic (exact) mass is 1340 g/mol. The van der Waals surface area contributed by atoms with Crippen molar-refractivity contribution >= 4 is 104 Å². The number of thioether (sulfide) groups is 2. The fourth-order valence-electron chi connectivity index (χ4n) is 11.4. The van der Waals surface area contributed by atoms with Crippen molar-refractivity contribution in [2.75, 3.05) is 25.4 Å². The molecule has 0 saturated carbocycles. The van der Waals surface area contributed by atoms with Crippen LogP contribution in [-0.2, 0) is 85.1 Å². The van der Waals surface area contributed by atoms with E-state index in [0.717, 1.165) is 11.1 Å². The minimum Gasteiger partial charge on any atom is -0.508 e. The number of aromatic nitrogens is 4. The predicted octanol–water partition coefficient (Wildman–Crippen LogP) is 2.28. The number of aromatic hydroxyl groups is 1. The van der Waals surface area contributed by atoms with E-state index in [1.807, 2.05) is 24.3 Å². The number of primary amides is 1. The molecule has 4 aromatic carbocycles. The molecule has 0 aliphatic carbocycles. The maximum absolute atomic E-state index is 15.0. The molecule has 30 heteroatoms. The summed E-state index contributed by atoms with van der Waals surface area (Å²) >= 11 is 2.99. The standard InChI is InChI=1S/C65H74F2N14O12S2/c66-40-10-14-47-45(22-40)38(27-71-47)20-50-61(89)77-51(21-39-28-72-48-15-11-41(67)23-46(39)48)62(90)79-53(26-58(85)86)64(92)78-52(24-42-29-70-34-74-42)63(91)80-54(19-35-8-12-43(82)13-9-35)65(93)81-31-44(25-55(81)59(69)87)95-33-37-6-4-36(5-7-37)32-94-18-16-56(83)75-49(3-1-2-17-68)60(88)73-30-57(84)76-50/h4-15,22-23,27-29,34,44,49-55,71-72,82H,1-3,16-21,24-26,30-33,68H2,(H2,69,87)(H,70,74)(H,73,88)(H,75,83)(H,76,84)(H,77,89)(H,78,92)(H,79,90)(H,80,91)(H,85,86)/t44-,49-,50-,51-,52-,53-,54-,55-/m0/s1. The molecule has 7 aromatic rings. The van der Waals surface area contributed by atoms with Crippen molar-refractivity contribution in [1.29, 1.82) is 0 Å². The first-order valence-corrected chi connectivity index (χ1v) is 33.0. The summed E-state index contributed by atoms with van der Waals surface area (Å²) in [6.07, 6.45) is 4.46. The van der Waals surface area contributed by atoms with E-state index in [0.29, 0.717) is 64.2 Å². The molecular weight excluding hydrogens is 1270 g/mol. The number of nitrogens with zero attached hydrogens (tertiary/aromatic N) is 2. The van der Waals surface area contributed by atoms with Gasteiger partial charge in [-0.1, -0.05) is 36.4 Å². The number of amides is 9. The first-order valence-electron chi connectivity index (χ1n) is 30.8. The number of nitrogens with one attached hydrogen (secondary N) is 10. The van der Waals surface area contributed by atoms with Crippen LogP contribution < -0.4 is 48.7 Å². The summed E-state index contributed by atoms with van der Waals surface area (Å²) in [6, 6.07) is 10.6. The van der Waals surface area contributed by atoms with Gasteiger partial charge in [0.25, 0.3) is 0 Å². The number of fused-ring (bicyclic) bond motifs is 30. The molecule has 0 unspecified atom stereocenters. The number of benzene rings is 4. The van der Waals surface area contributed by atoms with E-state index in [1.165, 1.54) is 114 Å². The molecule has 3 aliphatic rings. The summed E-state index contributed by atoms with van der Waals surface area (Å²) in [7, 11) is 0. The number of nitrogens with two attached hydrogens (primary N) is 2. The van der Waals surface area contributed by atoms with Crippen molar-refractivity contribution in [3.05, 3.63) is 155 Å². The van der Waals surface area contributed by atoms with Crippen LogP contribution in [0.25, 0.3) is 21.8 Å². The number of hydrogen-bond acceptors (Lipinski definition) is 15. The van der Waals surface area contributed by atoms with Gasteiger partial charge in [0.1, 0.15) is 59.7 Å². The number of rotatable bonds is 15. The van der Waals surface area contributed by atoms with Gasteiger partial charge in [-0.25, -0.2) is 13.8 Å². The lowest BCUT2D eigenvalue weighted by Gasteiger charge is -2.30. The minimum absolute atomic E-state index is 0.0440. The van der Waals surface area contributed by atoms with Crippen LogP contribution in [-0.4, -0.2) is 167 Å². The van der Waals surface area contributed by atoms with Gasteiger partial charge in [0.2, 0.25) is 53.2 Å². The van der Waals surface area contributed by atoms with Gasteiger partial charge in [0.05, 0.1) is 19.3 Å². The van der Waals surface area contributed by atoms with Crippen molar-refractivity contribution in [1.82, 2.24) is 62.1 Å². The highest BCUT2D eigenvalue weighted by atomic mass is 32.2. The quantitative estimate of drug-likeness (QED) is 0.0517. The molecule has 1 fully saturated rings. The average Bonchev–Trinajstić information content (AvgIpc) is 1.74. The maximum atomic E-state index is 15.0. The Morgan fingerprint density at radius 1 is 0.632 bits per heavy atom. The van der Waals surface area contributed by atoms with E-state index in [1.54, 1.807) is 0 Å². The van der Waals surface area contributed by atoms with E-state index >= 15 is 0 Å². The molecule has 16 N–H and O–H groups in total. The Hall–Kier alpha value is -9.81. The Bertz CT molecular complexity index is 3910. The Labute approximate surface area is 551 Å². The van der Waals surface area contributed by atoms with Crippen LogP contribution in [0.1, 0.15) is 72.0 Å². The SMILES string of the molecule is NCCCC[C@@H]1NC(=O)CCSCc2ccc(cc2)CS[C@H]2C[C@@H](C(N)=O)N(C2)C(=O)[C@H](Cc2ccc(O)cc2)NC(=O)[C@H](Cc2cnc[nH]2)NC(=O)[C@H](CC(=O)O)NC(=O)[C@H](Cc2c[nH]c3ccc(F)cc23)NC(=O)[C@H](Cc2c[nH]c3ccc(F)cc23)NC(=O)CNC1=O. The Balaban J connectivity index is 1.06. The largest absolute Gasteiger partial charge is 0.508 e. The number of phenolic OH excluding ortho intramolecular Hbond substituents is 1. The molecule has 9 amide bonds. The second kappa shape index (κ2) is 32.8. The van der Waals surface area contributed by atoms with Crippen molar-refractivity contribution in [2.45, 2.75) is 123 Å². The van der Waals surface area contributed by atoms with Crippen molar-refractivity contribution in [2.24, 2.45) is 11.5 Å². The van der Waals surface area contributed by atoms with Crippen LogP contribution in [0.4, 0.5) is 8.78 Å². The highest BCUT2D eigenvalue weighted by Gasteiger charge is 2.43. The highest BCUT2D eigenvalue weighted by molar-refractivity contribution is 7.99. The molecule has 0 spiro atoms. The Morgan fingerprint density at radius 3 is 1.79 bits per heavy atom. The number of aromatic amines is 3. The summed E-state index contributed by atoms with van der Waals surface area (Å²) in [5.41, 5.74) is 15.8. The second-order valence-corrected chi connectivity index (χ2v) is 25.7. The second-order valence-electron chi connectivity index (χ2n) is 23.3. The van der Waals surface area contributed by atoms with Gasteiger partial charge in [0.15, 0.2) is 0 Å². The Kier molecular flexibility index (Phi) is 24.0. The van der Waals surface area contributed by atoms with E-state index in [2.05, 4.69) is 57.2 Å². The molecule has 502 valence electrons. The molecule has 1 saturated heterocycles. The first-order chi connectivity index (χ1) is 45.7. The van der Waals surface area contributed by atoms with E-state index in [9.17, 15) is 66.9 Å². The number of H-pyrrole nitrogens is 3. The third-order valence-electron chi connectivity index (χ3n) is 16.4. The number of unbranched alkanes of at least 4 members (excludes halogenated alkanes) is 1. The fraction of sp³-hybridized carbons (Fsp3) is 0.369. The number of carboxylic acid groups (broad SMARTS) is 1. The van der Waals surface area contributed by atoms with Gasteiger partial charge in [-0.2, -0.15) is 23.5 Å². The van der Waals surface area contributed by atoms with Crippen molar-refractivity contribution < 1.29 is 66.9 Å². The lowest BCUT2D eigenvalue weighted by molar-refractivity contribution is -0.142. The van der Waals surface area contributed by atoms with E-state index < -0.39 is 132 Å². The van der Waals surface area contributed by atoms with E-state index in [-0.39, 0.29) is 72.7 Å². The van der Waals surface area contributed by atoms with Crippen LogP contribution in [0.3, 0.4) is 0 Å². The van der Waals surface area contributed by atoms with Crippen LogP contribution in [0.15, 0.2) is 110 Å². The molecule has 6 heterocycles. The molecule has 0 radical (unpaired) electrons. The summed E-state index contributed by atoms with van der Waals surface area (Å²) in [5, 5.41) is 39.0. The molecule has 8 atom stereocenters. The van der Waals surface area contributed by atoms with Crippen LogP contribution in [0.2, 0.25) is 0 Å². The van der Waals surface area contributed by atoms with E-state index in [4.69, 9.17) is 11.5 Å². The van der Waals surface area contributed by atoms with Crippen LogP contribution in [0.5, 0.6) is 5.75 Å². The van der Waals surface area contributed by atoms with Crippen molar-refractivity contribution in [3.8, 4) is 5.75 Å². The number of carboxylic acids is 1. The number of carbonyl (C=O) groups excluding carboxylic acids is 9. The summed E-state index contributed by atoms with van der Waals surface area (Å²) in [6.45, 7) is -0.362. The number of phenols is 1. The molecular formula is C65H74F2N14O12S2. The summed E-state index contributed by atoms with van der Waals surface area (Å²) in [5.74, 6) is -9.53. The van der Waals surface area contributed by atoms with Gasteiger partial charge < -0.3 is 78.7 Å². The highest BCUT2D eigenvalue weighted by Crippen LogP contribution is 2.32. The topological polar surface area (TPSA) is 411 Å². The third kappa shape index (κ3) is 19.4. The first kappa shape index (κ1) is 69.5. The van der Waals surface area contributed by atoms with Gasteiger partial charge in [0, 0.05) is 107 Å². The molecule has 4 bridgehead atoms. The Morgan fingerprint density at radius 2 is 1.20 bits per heavy atom. The summed E-state index contributed by atoms with van der Waals surface area (Å²) < 4.78 is 29.7. The molecule has 95 heavy (non-hydrogen) atoms. The molecule has 26 nitrogen and oxygen atoms in total. The number of carbonyl (C=O) groups is 10. The number of halogens is 2. The van der Waals surface area contributed by atoms with Crippen LogP contribution in [0, 0.1) is 11.6 Å². The fourth-order valence-corrected chi connectivity index (χ4v) is 13.5. The van der Waals surface area contributed by atoms with Crippen LogP contribution >= 0.6 is 23.5 Å². The zero-order valence-electron chi connectivity index (χ0n) is 51.4. The zero-order chi connectivity index (χ0) is 67.7. The van der Waals surface area contributed by atoms with Gasteiger partial charge in [-0.15, -0.1) is 0 Å². The normalized spacial score (nSPS) is 22.2. The zero-order valence-corrected chi connectivity index (χ0v) is 53.1. The maximum Gasteiger partial charge on any atom is 0.305 e. The number of hydrogen-bond donors (Lipinski definition) is 14. The molecule has 3 aliphatic heterocycles.